The van der Waals surface area contributed by atoms with Gasteiger partial charge in [-0.25, -0.2) is 0 Å². The first-order chi connectivity index (χ1) is 7.59. The Morgan fingerprint density at radius 2 is 1.94 bits per heavy atom. The average Bonchev–Trinajstić information content (AvgIpc) is 2.29. The normalized spacial score (nSPS) is 14.7. The summed E-state index contributed by atoms with van der Waals surface area (Å²) in [5, 5.41) is 8.92. The molecule has 1 atom stereocenters. The smallest absolute Gasteiger partial charge is 0.356 e. The minimum Gasteiger partial charge on any atom is -0.384 e. The van der Waals surface area contributed by atoms with Crippen molar-refractivity contribution in [3.05, 3.63) is 34.3 Å². The Morgan fingerprint density at radius 3 is 2.44 bits per heavy atom. The van der Waals surface area contributed by atoms with E-state index in [1.807, 2.05) is 24.3 Å². The van der Waals surface area contributed by atoms with Crippen LogP contribution in [-0.4, -0.2) is 18.1 Å². The largest absolute Gasteiger partial charge is 0.384 e. The van der Waals surface area contributed by atoms with Crippen molar-refractivity contribution in [3.8, 4) is 0 Å². The summed E-state index contributed by atoms with van der Waals surface area (Å²) in [4.78, 5) is 0. The standard InChI is InChI=1S/C10H14BrO4P/c1-2-14-16(13,8-12)15-7-9-3-5-10(11)6-4-9/h3-6,12H,2,7-8H2,1H3. The van der Waals surface area contributed by atoms with Crippen molar-refractivity contribution in [3.63, 3.8) is 0 Å². The van der Waals surface area contributed by atoms with Crippen molar-refractivity contribution in [1.29, 1.82) is 0 Å². The Kier molecular flexibility index (Phi) is 5.66. The molecule has 1 N–H and O–H groups in total. The molecule has 1 aromatic carbocycles. The van der Waals surface area contributed by atoms with Gasteiger partial charge >= 0.3 is 7.60 Å². The zero-order valence-corrected chi connectivity index (χ0v) is 11.4. The van der Waals surface area contributed by atoms with Gasteiger partial charge in [-0.2, -0.15) is 0 Å². The van der Waals surface area contributed by atoms with Gasteiger partial charge in [0.25, 0.3) is 0 Å². The molecular formula is C10H14BrO4P. The molecule has 6 heteroatoms. The number of hydrogen-bond donors (Lipinski definition) is 1. The van der Waals surface area contributed by atoms with Gasteiger partial charge in [-0.15, -0.1) is 0 Å². The fourth-order valence-electron chi connectivity index (χ4n) is 1.07. The van der Waals surface area contributed by atoms with Gasteiger partial charge in [0.1, 0.15) is 6.35 Å². The van der Waals surface area contributed by atoms with Crippen LogP contribution in [0.5, 0.6) is 0 Å². The summed E-state index contributed by atoms with van der Waals surface area (Å²) in [5.74, 6) is 0. The number of halogens is 1. The van der Waals surface area contributed by atoms with E-state index in [0.717, 1.165) is 10.0 Å². The average molecular weight is 309 g/mol. The molecule has 0 saturated carbocycles. The van der Waals surface area contributed by atoms with Gasteiger partial charge in [0.15, 0.2) is 0 Å². The summed E-state index contributed by atoms with van der Waals surface area (Å²) in [6, 6.07) is 7.42. The zero-order chi connectivity index (χ0) is 12.0. The molecule has 4 nitrogen and oxygen atoms in total. The third-order valence-corrected chi connectivity index (χ3v) is 3.89. The quantitative estimate of drug-likeness (QED) is 0.820. The molecule has 0 saturated heterocycles. The molecule has 0 aliphatic heterocycles. The molecular weight excluding hydrogens is 295 g/mol. The molecule has 0 radical (unpaired) electrons. The van der Waals surface area contributed by atoms with Crippen LogP contribution >= 0.6 is 23.5 Å². The number of aliphatic hydroxyl groups is 1. The lowest BCUT2D eigenvalue weighted by molar-refractivity contribution is 0.179. The molecule has 1 unspecified atom stereocenters. The first-order valence-corrected chi connectivity index (χ1v) is 7.35. The van der Waals surface area contributed by atoms with Crippen LogP contribution in [0.15, 0.2) is 28.7 Å². The van der Waals surface area contributed by atoms with E-state index in [4.69, 9.17) is 14.2 Å². The van der Waals surface area contributed by atoms with Crippen molar-refractivity contribution in [2.24, 2.45) is 0 Å². The van der Waals surface area contributed by atoms with E-state index < -0.39 is 13.9 Å². The van der Waals surface area contributed by atoms with Gasteiger partial charge in [-0.3, -0.25) is 4.57 Å². The second-order valence-corrected chi connectivity index (χ2v) is 6.01. The number of rotatable bonds is 6. The van der Waals surface area contributed by atoms with Crippen molar-refractivity contribution in [2.75, 3.05) is 13.0 Å². The lowest BCUT2D eigenvalue weighted by Gasteiger charge is -2.15. The van der Waals surface area contributed by atoms with E-state index in [-0.39, 0.29) is 13.2 Å². The highest BCUT2D eigenvalue weighted by molar-refractivity contribution is 9.10. The summed E-state index contributed by atoms with van der Waals surface area (Å²) in [6.45, 7) is 2.11. The maximum atomic E-state index is 11.7. The maximum absolute atomic E-state index is 11.7. The van der Waals surface area contributed by atoms with Crippen molar-refractivity contribution >= 4 is 23.5 Å². The van der Waals surface area contributed by atoms with E-state index in [9.17, 15) is 4.57 Å². The molecule has 0 bridgehead atoms. The Balaban J connectivity index is 2.56. The first kappa shape index (κ1) is 13.9. The van der Waals surface area contributed by atoms with Crippen molar-refractivity contribution < 1.29 is 18.7 Å². The van der Waals surface area contributed by atoms with Crippen LogP contribution in [0.3, 0.4) is 0 Å². The van der Waals surface area contributed by atoms with Crippen LogP contribution in [0.25, 0.3) is 0 Å². The molecule has 0 spiro atoms. The zero-order valence-electron chi connectivity index (χ0n) is 8.93. The van der Waals surface area contributed by atoms with E-state index in [1.165, 1.54) is 0 Å². The third-order valence-electron chi connectivity index (χ3n) is 1.84. The van der Waals surface area contributed by atoms with Gasteiger partial charge in [0, 0.05) is 4.47 Å². The third kappa shape index (κ3) is 4.36. The van der Waals surface area contributed by atoms with E-state index in [2.05, 4.69) is 15.9 Å². The minimum absolute atomic E-state index is 0.158. The molecule has 0 fully saturated rings. The van der Waals surface area contributed by atoms with Crippen LogP contribution in [-0.2, 0) is 20.2 Å². The second-order valence-electron chi connectivity index (χ2n) is 3.07. The van der Waals surface area contributed by atoms with E-state index >= 15 is 0 Å². The van der Waals surface area contributed by atoms with Gasteiger partial charge in [0.2, 0.25) is 0 Å². The van der Waals surface area contributed by atoms with Crippen LogP contribution in [0.4, 0.5) is 0 Å². The highest BCUT2D eigenvalue weighted by Gasteiger charge is 2.22. The molecule has 0 aromatic heterocycles. The molecule has 0 heterocycles. The fraction of sp³-hybridized carbons (Fsp3) is 0.400. The first-order valence-electron chi connectivity index (χ1n) is 4.83. The predicted octanol–water partition coefficient (Wildman–Crippen LogP) is 3.15. The van der Waals surface area contributed by atoms with Crippen LogP contribution in [0.1, 0.15) is 12.5 Å². The van der Waals surface area contributed by atoms with Crippen LogP contribution in [0, 0.1) is 0 Å². The topological polar surface area (TPSA) is 55.8 Å². The van der Waals surface area contributed by atoms with Crippen LogP contribution < -0.4 is 0 Å². The summed E-state index contributed by atoms with van der Waals surface area (Å²) < 4.78 is 22.7. The van der Waals surface area contributed by atoms with Gasteiger partial charge in [0.05, 0.1) is 13.2 Å². The number of benzene rings is 1. The Bertz CT molecular complexity index is 366. The molecule has 0 amide bonds. The van der Waals surface area contributed by atoms with E-state index in [1.54, 1.807) is 6.92 Å². The predicted molar refractivity (Wildman–Crippen MR) is 65.2 cm³/mol. The monoisotopic (exact) mass is 308 g/mol. The summed E-state index contributed by atoms with van der Waals surface area (Å²) in [7, 11) is -3.33. The summed E-state index contributed by atoms with van der Waals surface area (Å²) in [5.41, 5.74) is 0.872. The molecule has 16 heavy (non-hydrogen) atoms. The van der Waals surface area contributed by atoms with Crippen molar-refractivity contribution in [2.45, 2.75) is 13.5 Å². The van der Waals surface area contributed by atoms with Crippen molar-refractivity contribution in [1.82, 2.24) is 0 Å². The molecule has 0 aliphatic rings. The number of hydrogen-bond acceptors (Lipinski definition) is 4. The minimum atomic E-state index is -3.33. The molecule has 1 aromatic rings. The van der Waals surface area contributed by atoms with Crippen LogP contribution in [0.2, 0.25) is 0 Å². The van der Waals surface area contributed by atoms with E-state index in [0.29, 0.717) is 0 Å². The van der Waals surface area contributed by atoms with Gasteiger partial charge in [-0.1, -0.05) is 28.1 Å². The number of aliphatic hydroxyl groups excluding tert-OH is 1. The maximum Gasteiger partial charge on any atom is 0.356 e. The summed E-state index contributed by atoms with van der Waals surface area (Å²) >= 11 is 3.31. The summed E-state index contributed by atoms with van der Waals surface area (Å²) in [6.07, 6.45) is -0.600. The second kappa shape index (κ2) is 6.52. The Morgan fingerprint density at radius 1 is 1.31 bits per heavy atom. The lowest BCUT2D eigenvalue weighted by Crippen LogP contribution is -2.00. The van der Waals surface area contributed by atoms with Gasteiger partial charge in [-0.05, 0) is 24.6 Å². The highest BCUT2D eigenvalue weighted by atomic mass is 79.9. The van der Waals surface area contributed by atoms with Gasteiger partial charge < -0.3 is 14.2 Å². The fourth-order valence-corrected chi connectivity index (χ4v) is 2.31. The molecule has 1 rings (SSSR count). The lowest BCUT2D eigenvalue weighted by atomic mass is 10.2. The molecule has 0 aliphatic carbocycles. The Labute approximate surface area is 103 Å². The Hall–Kier alpha value is -0.190. The molecule has 90 valence electrons. The highest BCUT2D eigenvalue weighted by Crippen LogP contribution is 2.47. The SMILES string of the molecule is CCOP(=O)(CO)OCc1ccc(Br)cc1.